The Labute approximate surface area is 117 Å². The summed E-state index contributed by atoms with van der Waals surface area (Å²) in [5.41, 5.74) is 2.24. The Balaban J connectivity index is 1.93. The third-order valence-electron chi connectivity index (χ3n) is 2.59. The molecule has 94 valence electrons. The average Bonchev–Trinajstić information content (AvgIpc) is 2.81. The predicted molar refractivity (Wildman–Crippen MR) is 83.3 cm³/mol. The first kappa shape index (κ1) is 13.1. The van der Waals surface area contributed by atoms with Crippen molar-refractivity contribution < 1.29 is 0 Å². The molecule has 0 fully saturated rings. The van der Waals surface area contributed by atoms with Crippen LogP contribution in [-0.4, -0.2) is 5.11 Å². The van der Waals surface area contributed by atoms with Crippen LogP contribution in [0, 0.1) is 6.92 Å². The van der Waals surface area contributed by atoms with E-state index < -0.39 is 0 Å². The summed E-state index contributed by atoms with van der Waals surface area (Å²) in [7, 11) is 0. The molecule has 0 radical (unpaired) electrons. The maximum atomic E-state index is 5.31. The number of rotatable bonds is 3. The van der Waals surface area contributed by atoms with Crippen LogP contribution in [0.2, 0.25) is 0 Å². The Bertz CT molecular complexity index is 520. The molecule has 0 aliphatic heterocycles. The molecular weight excluding hydrogens is 260 g/mol. The third kappa shape index (κ3) is 3.55. The molecule has 1 heterocycles. The fraction of sp³-hybridized carbons (Fsp3) is 0.214. The Morgan fingerprint density at radius 3 is 2.78 bits per heavy atom. The molecule has 2 nitrogen and oxygen atoms in total. The van der Waals surface area contributed by atoms with Crippen molar-refractivity contribution in [3.63, 3.8) is 0 Å². The highest BCUT2D eigenvalue weighted by Crippen LogP contribution is 2.18. The van der Waals surface area contributed by atoms with Gasteiger partial charge in [-0.1, -0.05) is 18.2 Å². The van der Waals surface area contributed by atoms with E-state index in [9.17, 15) is 0 Å². The lowest BCUT2D eigenvalue weighted by atomic mass is 10.2. The number of hydrogen-bond acceptors (Lipinski definition) is 2. The van der Waals surface area contributed by atoms with Crippen molar-refractivity contribution >= 4 is 34.4 Å². The topological polar surface area (TPSA) is 24.1 Å². The lowest BCUT2D eigenvalue weighted by molar-refractivity contribution is 0.737. The van der Waals surface area contributed by atoms with Crippen LogP contribution in [0.25, 0.3) is 0 Å². The zero-order valence-electron chi connectivity index (χ0n) is 10.4. The quantitative estimate of drug-likeness (QED) is 0.825. The van der Waals surface area contributed by atoms with Gasteiger partial charge in [0.15, 0.2) is 5.11 Å². The second-order valence-electron chi connectivity index (χ2n) is 4.21. The highest BCUT2D eigenvalue weighted by molar-refractivity contribution is 7.80. The molecule has 0 aliphatic carbocycles. The van der Waals surface area contributed by atoms with E-state index in [1.165, 1.54) is 10.4 Å². The van der Waals surface area contributed by atoms with Gasteiger partial charge >= 0.3 is 0 Å². The number of aryl methyl sites for hydroxylation is 1. The molecule has 0 saturated carbocycles. The van der Waals surface area contributed by atoms with Crippen LogP contribution < -0.4 is 10.6 Å². The summed E-state index contributed by atoms with van der Waals surface area (Å²) in [4.78, 5) is 1.28. The van der Waals surface area contributed by atoms with E-state index in [1.807, 2.05) is 12.1 Å². The van der Waals surface area contributed by atoms with Crippen molar-refractivity contribution in [1.82, 2.24) is 5.32 Å². The van der Waals surface area contributed by atoms with Crippen molar-refractivity contribution in [2.45, 2.75) is 19.9 Å². The second-order valence-corrected chi connectivity index (χ2v) is 5.59. The van der Waals surface area contributed by atoms with E-state index in [1.54, 1.807) is 11.3 Å². The molecule has 0 spiro atoms. The average molecular weight is 276 g/mol. The van der Waals surface area contributed by atoms with E-state index in [0.29, 0.717) is 5.11 Å². The molecule has 0 saturated heterocycles. The number of hydrogen-bond donors (Lipinski definition) is 2. The molecule has 1 aromatic carbocycles. The minimum atomic E-state index is 0.231. The van der Waals surface area contributed by atoms with Crippen molar-refractivity contribution in [1.29, 1.82) is 0 Å². The molecule has 18 heavy (non-hydrogen) atoms. The van der Waals surface area contributed by atoms with Gasteiger partial charge in [-0.15, -0.1) is 11.3 Å². The second kappa shape index (κ2) is 5.98. The molecule has 1 atom stereocenters. The van der Waals surface area contributed by atoms with Gasteiger partial charge in [0.05, 0.1) is 6.04 Å². The van der Waals surface area contributed by atoms with Crippen LogP contribution in [0.3, 0.4) is 0 Å². The Morgan fingerprint density at radius 1 is 1.28 bits per heavy atom. The zero-order chi connectivity index (χ0) is 13.0. The minimum Gasteiger partial charge on any atom is -0.355 e. The number of anilines is 1. The summed E-state index contributed by atoms with van der Waals surface area (Å²) in [6.07, 6.45) is 0. The van der Waals surface area contributed by atoms with Gasteiger partial charge in [-0.25, -0.2) is 0 Å². The van der Waals surface area contributed by atoms with Gasteiger partial charge in [-0.05, 0) is 55.2 Å². The van der Waals surface area contributed by atoms with Crippen LogP contribution in [0.1, 0.15) is 23.4 Å². The molecule has 2 N–H and O–H groups in total. The normalized spacial score (nSPS) is 11.9. The lowest BCUT2D eigenvalue weighted by Crippen LogP contribution is -2.30. The summed E-state index contributed by atoms with van der Waals surface area (Å²) in [6, 6.07) is 12.6. The minimum absolute atomic E-state index is 0.231. The van der Waals surface area contributed by atoms with Crippen molar-refractivity contribution in [3.8, 4) is 0 Å². The Morgan fingerprint density at radius 2 is 2.11 bits per heavy atom. The summed E-state index contributed by atoms with van der Waals surface area (Å²) in [6.45, 7) is 4.17. The number of thiophene rings is 1. The van der Waals surface area contributed by atoms with Crippen molar-refractivity contribution in [3.05, 3.63) is 52.2 Å². The third-order valence-corrected chi connectivity index (χ3v) is 3.87. The molecule has 2 aromatic rings. The van der Waals surface area contributed by atoms with Gasteiger partial charge in [0.1, 0.15) is 0 Å². The molecule has 0 bridgehead atoms. The zero-order valence-corrected chi connectivity index (χ0v) is 12.1. The Hall–Kier alpha value is -1.39. The van der Waals surface area contributed by atoms with Crippen LogP contribution in [0.5, 0.6) is 0 Å². The van der Waals surface area contributed by atoms with Gasteiger partial charge in [0, 0.05) is 10.6 Å². The predicted octanol–water partition coefficient (Wildman–Crippen LogP) is 4.10. The summed E-state index contributed by atoms with van der Waals surface area (Å²) in [5, 5.41) is 9.21. The van der Waals surface area contributed by atoms with Crippen LogP contribution in [0.15, 0.2) is 41.8 Å². The number of nitrogens with one attached hydrogen (secondary N) is 2. The highest BCUT2D eigenvalue weighted by atomic mass is 32.1. The first-order valence-corrected chi connectivity index (χ1v) is 7.11. The van der Waals surface area contributed by atoms with Gasteiger partial charge in [-0.2, -0.15) is 0 Å². The fourth-order valence-electron chi connectivity index (χ4n) is 1.70. The van der Waals surface area contributed by atoms with E-state index in [2.05, 4.69) is 54.1 Å². The molecule has 4 heteroatoms. The number of benzene rings is 1. The van der Waals surface area contributed by atoms with Gasteiger partial charge in [0.25, 0.3) is 0 Å². The monoisotopic (exact) mass is 276 g/mol. The van der Waals surface area contributed by atoms with E-state index in [0.717, 1.165) is 5.69 Å². The standard InChI is InChI=1S/C14H16N2S2/c1-10-5-3-6-12(9-10)16-14(17)15-11(2)13-7-4-8-18-13/h3-9,11H,1-2H3,(H2,15,16,17)/t11-/m0/s1. The molecule has 0 aliphatic rings. The molecule has 0 unspecified atom stereocenters. The first-order valence-electron chi connectivity index (χ1n) is 5.83. The van der Waals surface area contributed by atoms with Gasteiger partial charge in [0.2, 0.25) is 0 Å². The summed E-state index contributed by atoms with van der Waals surface area (Å²) < 4.78 is 0. The smallest absolute Gasteiger partial charge is 0.171 e. The Kier molecular flexibility index (Phi) is 4.33. The van der Waals surface area contributed by atoms with E-state index in [4.69, 9.17) is 12.2 Å². The molecular formula is C14H16N2S2. The maximum Gasteiger partial charge on any atom is 0.171 e. The van der Waals surface area contributed by atoms with Crippen LogP contribution in [0.4, 0.5) is 5.69 Å². The number of thiocarbonyl (C=S) groups is 1. The fourth-order valence-corrected chi connectivity index (χ4v) is 2.72. The van der Waals surface area contributed by atoms with Crippen molar-refractivity contribution in [2.24, 2.45) is 0 Å². The largest absolute Gasteiger partial charge is 0.355 e. The van der Waals surface area contributed by atoms with Crippen LogP contribution >= 0.6 is 23.6 Å². The maximum absolute atomic E-state index is 5.31. The van der Waals surface area contributed by atoms with Crippen LogP contribution in [-0.2, 0) is 0 Å². The van der Waals surface area contributed by atoms with E-state index >= 15 is 0 Å². The molecule has 0 amide bonds. The summed E-state index contributed by atoms with van der Waals surface area (Å²) >= 11 is 7.04. The summed E-state index contributed by atoms with van der Waals surface area (Å²) in [5.74, 6) is 0. The SMILES string of the molecule is Cc1cccc(NC(=S)N[C@@H](C)c2cccs2)c1. The van der Waals surface area contributed by atoms with Crippen molar-refractivity contribution in [2.75, 3.05) is 5.32 Å². The lowest BCUT2D eigenvalue weighted by Gasteiger charge is -2.16. The van der Waals surface area contributed by atoms with Gasteiger partial charge in [-0.3, -0.25) is 0 Å². The van der Waals surface area contributed by atoms with Gasteiger partial charge < -0.3 is 10.6 Å². The van der Waals surface area contributed by atoms with E-state index in [-0.39, 0.29) is 6.04 Å². The highest BCUT2D eigenvalue weighted by Gasteiger charge is 2.07. The first-order chi connectivity index (χ1) is 8.65. The molecule has 1 aromatic heterocycles. The molecule has 2 rings (SSSR count).